The van der Waals surface area contributed by atoms with E-state index in [1.54, 1.807) is 0 Å². The molecule has 1 aliphatic rings. The molecule has 0 unspecified atom stereocenters. The van der Waals surface area contributed by atoms with Gasteiger partial charge in [0.1, 0.15) is 0 Å². The Hall–Kier alpha value is -2.94. The first-order valence-electron chi connectivity index (χ1n) is 7.89. The van der Waals surface area contributed by atoms with Gasteiger partial charge in [-0.15, -0.1) is 11.3 Å². The van der Waals surface area contributed by atoms with Gasteiger partial charge in [0.2, 0.25) is 0 Å². The third kappa shape index (κ3) is 3.52. The number of methoxy groups -OCH3 is 2. The maximum absolute atomic E-state index is 12.2. The highest BCUT2D eigenvalue weighted by Gasteiger charge is 2.20. The maximum Gasteiger partial charge on any atom is 0.282 e. The van der Waals surface area contributed by atoms with E-state index in [0.29, 0.717) is 10.6 Å². The molecule has 26 heavy (non-hydrogen) atoms. The van der Waals surface area contributed by atoms with Gasteiger partial charge in [-0.05, 0) is 37.0 Å². The lowest BCUT2D eigenvalue weighted by Gasteiger charge is -2.08. The van der Waals surface area contributed by atoms with E-state index in [1.165, 1.54) is 54.3 Å². The highest BCUT2D eigenvalue weighted by atomic mass is 32.1. The molecule has 1 aromatic carbocycles. The molecule has 8 nitrogen and oxygen atoms in total. The van der Waals surface area contributed by atoms with Crippen LogP contribution < -0.4 is 14.9 Å². The number of rotatable bonds is 6. The number of aryl methyl sites for hydroxylation is 2. The van der Waals surface area contributed by atoms with Crippen molar-refractivity contribution in [3.8, 4) is 11.5 Å². The third-order valence-electron chi connectivity index (χ3n) is 4.07. The van der Waals surface area contributed by atoms with Crippen molar-refractivity contribution in [2.45, 2.75) is 19.3 Å². The minimum atomic E-state index is -0.547. The quantitative estimate of drug-likeness (QED) is 0.475. The predicted octanol–water partition coefficient (Wildman–Crippen LogP) is 2.93. The van der Waals surface area contributed by atoms with E-state index in [-0.39, 0.29) is 22.9 Å². The number of amides is 1. The van der Waals surface area contributed by atoms with E-state index < -0.39 is 4.92 Å². The van der Waals surface area contributed by atoms with Crippen molar-refractivity contribution in [1.82, 2.24) is 5.43 Å². The lowest BCUT2D eigenvalue weighted by molar-refractivity contribution is -0.385. The third-order valence-corrected chi connectivity index (χ3v) is 5.31. The van der Waals surface area contributed by atoms with Crippen molar-refractivity contribution in [1.29, 1.82) is 0 Å². The first kappa shape index (κ1) is 17.9. The zero-order valence-electron chi connectivity index (χ0n) is 14.3. The van der Waals surface area contributed by atoms with Crippen molar-refractivity contribution < 1.29 is 19.2 Å². The first-order chi connectivity index (χ1) is 12.5. The van der Waals surface area contributed by atoms with E-state index in [4.69, 9.17) is 9.47 Å². The molecule has 0 atom stereocenters. The van der Waals surface area contributed by atoms with Gasteiger partial charge >= 0.3 is 0 Å². The number of thiophene rings is 1. The highest BCUT2D eigenvalue weighted by molar-refractivity contribution is 7.14. The van der Waals surface area contributed by atoms with Gasteiger partial charge in [-0.25, -0.2) is 5.43 Å². The van der Waals surface area contributed by atoms with E-state index >= 15 is 0 Å². The number of carbonyl (C=O) groups is 1. The fourth-order valence-corrected chi connectivity index (χ4v) is 3.95. The zero-order chi connectivity index (χ0) is 18.7. The average molecular weight is 375 g/mol. The maximum atomic E-state index is 12.2. The largest absolute Gasteiger partial charge is 0.493 e. The highest BCUT2D eigenvalue weighted by Crippen LogP contribution is 2.34. The zero-order valence-corrected chi connectivity index (χ0v) is 15.1. The number of hydrogen-bond acceptors (Lipinski definition) is 7. The SMILES string of the molecule is COc1cc(/C=N\NC(=O)c2cc3c(s2)CCC3)c([N+](=O)[O-])cc1OC. The molecule has 0 saturated carbocycles. The van der Waals surface area contributed by atoms with Crippen LogP contribution >= 0.6 is 11.3 Å². The molecule has 3 rings (SSSR count). The topological polar surface area (TPSA) is 103 Å². The second kappa shape index (κ2) is 7.52. The summed E-state index contributed by atoms with van der Waals surface area (Å²) < 4.78 is 10.2. The molecule has 1 amide bonds. The minimum absolute atomic E-state index is 0.196. The summed E-state index contributed by atoms with van der Waals surface area (Å²) >= 11 is 1.46. The average Bonchev–Trinajstić information content (AvgIpc) is 3.22. The summed E-state index contributed by atoms with van der Waals surface area (Å²) in [5, 5.41) is 15.1. The van der Waals surface area contributed by atoms with Gasteiger partial charge in [0, 0.05) is 4.88 Å². The molecule has 1 N–H and O–H groups in total. The van der Waals surface area contributed by atoms with Crippen LogP contribution in [-0.4, -0.2) is 31.3 Å². The number of nitro benzene ring substituents is 1. The van der Waals surface area contributed by atoms with E-state index in [0.717, 1.165) is 19.3 Å². The van der Waals surface area contributed by atoms with Gasteiger partial charge in [0.25, 0.3) is 11.6 Å². The normalized spacial score (nSPS) is 12.8. The van der Waals surface area contributed by atoms with Crippen molar-refractivity contribution in [3.05, 3.63) is 49.2 Å². The standard InChI is InChI=1S/C17H17N3O5S/c1-24-13-6-11(12(20(22)23)8-14(13)25-2)9-18-19-17(21)16-7-10-4-3-5-15(10)26-16/h6-9H,3-5H2,1-2H3,(H,19,21)/b18-9-. The Balaban J connectivity index is 1.78. The number of nitrogens with zero attached hydrogens (tertiary/aromatic N) is 2. The van der Waals surface area contributed by atoms with Crippen molar-refractivity contribution in [2.75, 3.05) is 14.2 Å². The summed E-state index contributed by atoms with van der Waals surface area (Å²) in [5.74, 6) is 0.248. The molecular formula is C17H17N3O5S. The van der Waals surface area contributed by atoms with Gasteiger partial charge in [0.15, 0.2) is 11.5 Å². The lowest BCUT2D eigenvalue weighted by Crippen LogP contribution is -2.16. The molecule has 0 fully saturated rings. The summed E-state index contributed by atoms with van der Waals surface area (Å²) in [6.45, 7) is 0. The Morgan fingerprint density at radius 3 is 2.65 bits per heavy atom. The van der Waals surface area contributed by atoms with Crippen LogP contribution in [0.4, 0.5) is 5.69 Å². The van der Waals surface area contributed by atoms with Crippen LogP contribution in [0, 0.1) is 10.1 Å². The molecule has 1 heterocycles. The van der Waals surface area contributed by atoms with E-state index in [1.807, 2.05) is 6.07 Å². The van der Waals surface area contributed by atoms with Gasteiger partial charge < -0.3 is 9.47 Å². The molecule has 1 aliphatic carbocycles. The van der Waals surface area contributed by atoms with Crippen molar-refractivity contribution >= 4 is 29.1 Å². The summed E-state index contributed by atoms with van der Waals surface area (Å²) in [5.41, 5.74) is 3.63. The Labute approximate surface area is 153 Å². The van der Waals surface area contributed by atoms with Gasteiger partial charge in [-0.2, -0.15) is 5.10 Å². The summed E-state index contributed by atoms with van der Waals surface area (Å²) in [6, 6.07) is 4.58. The number of ether oxygens (including phenoxy) is 2. The molecule has 2 aromatic rings. The number of nitrogens with one attached hydrogen (secondary N) is 1. The van der Waals surface area contributed by atoms with Crippen molar-refractivity contribution in [2.24, 2.45) is 5.10 Å². The van der Waals surface area contributed by atoms with Gasteiger partial charge in [0.05, 0.1) is 41.9 Å². The van der Waals surface area contributed by atoms with Crippen LogP contribution in [0.2, 0.25) is 0 Å². The van der Waals surface area contributed by atoms with Crippen LogP contribution in [0.25, 0.3) is 0 Å². The predicted molar refractivity (Wildman–Crippen MR) is 97.6 cm³/mol. The molecule has 1 aromatic heterocycles. The number of carbonyl (C=O) groups excluding carboxylic acids is 1. The molecule has 0 spiro atoms. The summed E-state index contributed by atoms with van der Waals surface area (Å²) in [7, 11) is 2.83. The van der Waals surface area contributed by atoms with Crippen LogP contribution in [0.5, 0.6) is 11.5 Å². The number of benzene rings is 1. The Morgan fingerprint density at radius 2 is 2.00 bits per heavy atom. The Morgan fingerprint density at radius 1 is 1.27 bits per heavy atom. The fourth-order valence-electron chi connectivity index (χ4n) is 2.80. The number of fused-ring (bicyclic) bond motifs is 1. The molecule has 0 aliphatic heterocycles. The van der Waals surface area contributed by atoms with E-state index in [2.05, 4.69) is 10.5 Å². The molecule has 0 radical (unpaired) electrons. The van der Waals surface area contributed by atoms with Crippen LogP contribution in [-0.2, 0) is 12.8 Å². The fraction of sp³-hybridized carbons (Fsp3) is 0.294. The lowest BCUT2D eigenvalue weighted by atomic mass is 10.1. The van der Waals surface area contributed by atoms with Gasteiger partial charge in [-0.3, -0.25) is 14.9 Å². The van der Waals surface area contributed by atoms with Crippen LogP contribution in [0.1, 0.15) is 32.1 Å². The minimum Gasteiger partial charge on any atom is -0.493 e. The monoisotopic (exact) mass is 375 g/mol. The van der Waals surface area contributed by atoms with Crippen LogP contribution in [0.15, 0.2) is 23.3 Å². The number of hydrogen-bond donors (Lipinski definition) is 1. The number of hydrazone groups is 1. The molecule has 136 valence electrons. The number of nitro groups is 1. The molecule has 0 saturated heterocycles. The van der Waals surface area contributed by atoms with Gasteiger partial charge in [-0.1, -0.05) is 0 Å². The van der Waals surface area contributed by atoms with Crippen molar-refractivity contribution in [3.63, 3.8) is 0 Å². The summed E-state index contributed by atoms with van der Waals surface area (Å²) in [6.07, 6.45) is 4.36. The first-order valence-corrected chi connectivity index (χ1v) is 8.70. The van der Waals surface area contributed by atoms with Crippen LogP contribution in [0.3, 0.4) is 0 Å². The second-order valence-corrected chi connectivity index (χ2v) is 6.77. The summed E-state index contributed by atoms with van der Waals surface area (Å²) in [4.78, 5) is 24.7. The molecule has 0 bridgehead atoms. The smallest absolute Gasteiger partial charge is 0.282 e. The Kier molecular flexibility index (Phi) is 5.17. The molecule has 9 heteroatoms. The molecular weight excluding hydrogens is 358 g/mol. The Bertz CT molecular complexity index is 869. The van der Waals surface area contributed by atoms with E-state index in [9.17, 15) is 14.9 Å². The second-order valence-electron chi connectivity index (χ2n) is 5.63.